The minimum Gasteiger partial charge on any atom is -0.444 e. The highest BCUT2D eigenvalue weighted by Gasteiger charge is 2.42. The fourth-order valence-electron chi connectivity index (χ4n) is 4.47. The zero-order chi connectivity index (χ0) is 29.4. The van der Waals surface area contributed by atoms with Gasteiger partial charge in [-0.15, -0.1) is 0 Å². The number of nitrogens with zero attached hydrogens (tertiary/aromatic N) is 1. The number of benzene rings is 2. The Morgan fingerprint density at radius 1 is 0.923 bits per heavy atom. The van der Waals surface area contributed by atoms with E-state index in [1.54, 1.807) is 37.4 Å². The van der Waals surface area contributed by atoms with Crippen molar-refractivity contribution in [1.82, 2.24) is 15.5 Å². The Morgan fingerprint density at radius 2 is 1.51 bits per heavy atom. The average Bonchev–Trinajstić information content (AvgIpc) is 2.82. The summed E-state index contributed by atoms with van der Waals surface area (Å²) in [6.45, 7) is 15.3. The van der Waals surface area contributed by atoms with Crippen LogP contribution in [0.25, 0.3) is 0 Å². The third-order valence-corrected chi connectivity index (χ3v) is 6.84. The molecule has 8 heteroatoms. The van der Waals surface area contributed by atoms with E-state index in [2.05, 4.69) is 10.6 Å². The lowest BCUT2D eigenvalue weighted by Gasteiger charge is -2.43. The first-order valence-corrected chi connectivity index (χ1v) is 14.7. The van der Waals surface area contributed by atoms with Gasteiger partial charge in [-0.1, -0.05) is 48.5 Å². The van der Waals surface area contributed by atoms with Gasteiger partial charge in [0.15, 0.2) is 0 Å². The van der Waals surface area contributed by atoms with Gasteiger partial charge in [0.1, 0.15) is 17.7 Å². The van der Waals surface area contributed by atoms with Crippen LogP contribution in [0, 0.1) is 13.8 Å². The molecule has 2 N–H and O–H groups in total. The third kappa shape index (κ3) is 9.60. The summed E-state index contributed by atoms with van der Waals surface area (Å²) in [7, 11) is 0. The van der Waals surface area contributed by atoms with Crippen LogP contribution in [0.5, 0.6) is 0 Å². The predicted octanol–water partition coefficient (Wildman–Crippen LogP) is 5.93. The van der Waals surface area contributed by atoms with Crippen molar-refractivity contribution in [2.45, 2.75) is 91.6 Å². The quantitative estimate of drug-likeness (QED) is 0.379. The Kier molecular flexibility index (Phi) is 11.5. The van der Waals surface area contributed by atoms with Crippen LogP contribution in [0.4, 0.5) is 4.79 Å². The molecule has 2 unspecified atom stereocenters. The van der Waals surface area contributed by atoms with E-state index < -0.39 is 29.3 Å². The minimum absolute atomic E-state index is 0.277. The number of alkyl carbamates (subject to hydrolysis) is 1. The first-order valence-electron chi connectivity index (χ1n) is 13.3. The summed E-state index contributed by atoms with van der Waals surface area (Å²) in [5, 5.41) is 5.86. The fourth-order valence-corrected chi connectivity index (χ4v) is 4.95. The standard InChI is InChI=1S/C31H45N3O4S/c1-21-14-13-15-22(2)25(21)26(27(35)32-20-23-16-11-10-12-17-23)34(30(3,4)5)28(36)24(18-19-39-9)33-29(37)38-31(6,7)8/h10-17,24,26H,18-20H2,1-9H3,(H,32,35)(H,33,37). The molecule has 0 radical (unpaired) electrons. The van der Waals surface area contributed by atoms with Crippen LogP contribution in [0.2, 0.25) is 0 Å². The van der Waals surface area contributed by atoms with Gasteiger partial charge in [0.05, 0.1) is 0 Å². The molecule has 2 aromatic rings. The van der Waals surface area contributed by atoms with Crippen molar-refractivity contribution in [3.05, 3.63) is 70.8 Å². The molecule has 0 aliphatic rings. The van der Waals surface area contributed by atoms with Gasteiger partial charge in [-0.05, 0) is 96.1 Å². The van der Waals surface area contributed by atoms with Crippen LogP contribution in [0.1, 0.15) is 76.3 Å². The van der Waals surface area contributed by atoms with E-state index in [0.717, 1.165) is 22.3 Å². The number of rotatable bonds is 10. The molecule has 0 bridgehead atoms. The van der Waals surface area contributed by atoms with Crippen molar-refractivity contribution in [3.63, 3.8) is 0 Å². The van der Waals surface area contributed by atoms with Gasteiger partial charge < -0.3 is 20.3 Å². The van der Waals surface area contributed by atoms with E-state index in [1.807, 2.05) is 89.4 Å². The van der Waals surface area contributed by atoms with Gasteiger partial charge in [-0.3, -0.25) is 9.59 Å². The summed E-state index contributed by atoms with van der Waals surface area (Å²) in [5.41, 5.74) is 2.12. The molecule has 2 aromatic carbocycles. The third-order valence-electron chi connectivity index (χ3n) is 6.19. The summed E-state index contributed by atoms with van der Waals surface area (Å²) in [5.74, 6) is 0.0451. The minimum atomic E-state index is -0.903. The molecule has 7 nitrogen and oxygen atoms in total. The monoisotopic (exact) mass is 555 g/mol. The number of hydrogen-bond acceptors (Lipinski definition) is 5. The first kappa shape index (κ1) is 32.2. The molecular formula is C31H45N3O4S. The van der Waals surface area contributed by atoms with Crippen molar-refractivity contribution < 1.29 is 19.1 Å². The molecule has 0 aliphatic carbocycles. The lowest BCUT2D eigenvalue weighted by atomic mass is 9.90. The first-order chi connectivity index (χ1) is 18.2. The van der Waals surface area contributed by atoms with E-state index >= 15 is 0 Å². The second-order valence-corrected chi connectivity index (χ2v) is 12.8. The average molecular weight is 556 g/mol. The number of nitrogens with one attached hydrogen (secondary N) is 2. The van der Waals surface area contributed by atoms with Crippen molar-refractivity contribution in [1.29, 1.82) is 0 Å². The number of ether oxygens (including phenoxy) is 1. The Labute approximate surface area is 238 Å². The maximum atomic E-state index is 14.4. The van der Waals surface area contributed by atoms with Gasteiger partial charge in [-0.25, -0.2) is 4.79 Å². The molecule has 0 aromatic heterocycles. The van der Waals surface area contributed by atoms with Crippen LogP contribution >= 0.6 is 11.8 Å². The number of carbonyl (C=O) groups is 3. The zero-order valence-electron chi connectivity index (χ0n) is 24.9. The SMILES string of the molecule is CSCCC(NC(=O)OC(C)(C)C)C(=O)N(C(C(=O)NCc1ccccc1)c1c(C)cccc1C)C(C)(C)C. The maximum Gasteiger partial charge on any atom is 0.408 e. The molecule has 0 fully saturated rings. The number of thioether (sulfide) groups is 1. The predicted molar refractivity (Wildman–Crippen MR) is 160 cm³/mol. The lowest BCUT2D eigenvalue weighted by Crippen LogP contribution is -2.59. The molecule has 2 rings (SSSR count). The highest BCUT2D eigenvalue weighted by Crippen LogP contribution is 2.34. The largest absolute Gasteiger partial charge is 0.444 e. The molecule has 0 spiro atoms. The normalized spacial score (nSPS) is 13.3. The topological polar surface area (TPSA) is 87.7 Å². The number of carbonyl (C=O) groups excluding carboxylic acids is 3. The number of hydrogen-bond donors (Lipinski definition) is 2. The maximum absolute atomic E-state index is 14.4. The summed E-state index contributed by atoms with van der Waals surface area (Å²) in [6.07, 6.45) is 1.69. The highest BCUT2D eigenvalue weighted by atomic mass is 32.2. The number of aryl methyl sites for hydroxylation is 2. The van der Waals surface area contributed by atoms with Gasteiger partial charge in [-0.2, -0.15) is 11.8 Å². The Balaban J connectivity index is 2.57. The molecule has 39 heavy (non-hydrogen) atoms. The molecule has 0 saturated carbocycles. The van der Waals surface area contributed by atoms with Crippen molar-refractivity contribution >= 4 is 29.7 Å². The van der Waals surface area contributed by atoms with Crippen molar-refractivity contribution in [2.24, 2.45) is 0 Å². The fraction of sp³-hybridized carbons (Fsp3) is 0.516. The van der Waals surface area contributed by atoms with E-state index in [4.69, 9.17) is 4.74 Å². The van der Waals surface area contributed by atoms with E-state index in [-0.39, 0.29) is 11.8 Å². The summed E-state index contributed by atoms with van der Waals surface area (Å²) >= 11 is 1.59. The molecule has 3 amide bonds. The second kappa shape index (κ2) is 13.9. The Bertz CT molecular complexity index is 1100. The summed E-state index contributed by atoms with van der Waals surface area (Å²) in [4.78, 5) is 42.8. The second-order valence-electron chi connectivity index (χ2n) is 11.8. The van der Waals surface area contributed by atoms with Crippen LogP contribution < -0.4 is 10.6 Å². The van der Waals surface area contributed by atoms with Crippen LogP contribution in [0.3, 0.4) is 0 Å². The Hall–Kier alpha value is -3.00. The van der Waals surface area contributed by atoms with Crippen LogP contribution in [0.15, 0.2) is 48.5 Å². The summed E-state index contributed by atoms with van der Waals surface area (Å²) in [6, 6.07) is 13.8. The van der Waals surface area contributed by atoms with Gasteiger partial charge in [0.25, 0.3) is 0 Å². The highest BCUT2D eigenvalue weighted by molar-refractivity contribution is 7.98. The lowest BCUT2D eigenvalue weighted by molar-refractivity contribution is -0.148. The van der Waals surface area contributed by atoms with E-state index in [1.165, 1.54) is 0 Å². The molecule has 2 atom stereocenters. The Morgan fingerprint density at radius 3 is 2.03 bits per heavy atom. The summed E-state index contributed by atoms with van der Waals surface area (Å²) < 4.78 is 5.48. The smallest absolute Gasteiger partial charge is 0.408 e. The molecule has 214 valence electrons. The van der Waals surface area contributed by atoms with Gasteiger partial charge >= 0.3 is 6.09 Å². The van der Waals surface area contributed by atoms with E-state index in [9.17, 15) is 14.4 Å². The molecule has 0 saturated heterocycles. The molecular weight excluding hydrogens is 510 g/mol. The molecule has 0 aliphatic heterocycles. The van der Waals surface area contributed by atoms with Crippen LogP contribution in [-0.2, 0) is 20.9 Å². The van der Waals surface area contributed by atoms with Gasteiger partial charge in [0, 0.05) is 12.1 Å². The van der Waals surface area contributed by atoms with Gasteiger partial charge in [0.2, 0.25) is 11.8 Å². The molecule has 0 heterocycles. The van der Waals surface area contributed by atoms with Crippen molar-refractivity contribution in [3.8, 4) is 0 Å². The van der Waals surface area contributed by atoms with E-state index in [0.29, 0.717) is 18.7 Å². The van der Waals surface area contributed by atoms with Crippen LogP contribution in [-0.4, -0.2) is 52.0 Å². The van der Waals surface area contributed by atoms with Crippen molar-refractivity contribution in [2.75, 3.05) is 12.0 Å². The zero-order valence-corrected chi connectivity index (χ0v) is 25.7. The number of amides is 3.